The van der Waals surface area contributed by atoms with Gasteiger partial charge in [-0.3, -0.25) is 0 Å². The van der Waals surface area contributed by atoms with Gasteiger partial charge in [0, 0.05) is 4.43 Å². The molecule has 0 saturated heterocycles. The first kappa shape index (κ1) is 11.5. The first-order valence-electron chi connectivity index (χ1n) is 3.20. The van der Waals surface area contributed by atoms with Crippen LogP contribution in [-0.4, -0.2) is 23.3 Å². The van der Waals surface area contributed by atoms with Gasteiger partial charge in [0.2, 0.25) is 0 Å². The van der Waals surface area contributed by atoms with Crippen LogP contribution in [0.1, 0.15) is 0 Å². The smallest absolute Gasteiger partial charge is 0.335 e. The van der Waals surface area contributed by atoms with Crippen LogP contribution in [0.15, 0.2) is 35.9 Å². The highest BCUT2D eigenvalue weighted by Crippen LogP contribution is 2.02. The second-order valence-electron chi connectivity index (χ2n) is 1.97. The molecule has 0 heterocycles. The lowest BCUT2D eigenvalue weighted by Crippen LogP contribution is -1.98. The quantitative estimate of drug-likeness (QED) is 0.278. The van der Waals surface area contributed by atoms with Gasteiger partial charge in [-0.05, 0) is 0 Å². The fourth-order valence-corrected chi connectivity index (χ4v) is 1.00. The Labute approximate surface area is 86.6 Å². The van der Waals surface area contributed by atoms with Crippen molar-refractivity contribution in [1.82, 2.24) is 0 Å². The highest BCUT2D eigenvalue weighted by atomic mass is 127. The maximum Gasteiger partial charge on any atom is 0.335 e. The van der Waals surface area contributed by atoms with Crippen LogP contribution in [0.5, 0.6) is 0 Å². The van der Waals surface area contributed by atoms with E-state index in [4.69, 9.17) is 13.0 Å². The number of alkyl halides is 1. The van der Waals surface area contributed by atoms with E-state index in [0.29, 0.717) is 9.90 Å². The van der Waals surface area contributed by atoms with E-state index in [0.717, 1.165) is 0 Å². The summed E-state index contributed by atoms with van der Waals surface area (Å²) >= 11 is 2.06. The van der Waals surface area contributed by atoms with Gasteiger partial charge in [-0.15, -0.1) is 0 Å². The molecule has 0 aliphatic rings. The van der Waals surface area contributed by atoms with E-state index in [1.54, 1.807) is 6.08 Å². The Morgan fingerprint density at radius 2 is 2.25 bits per heavy atom. The number of carboxylic acids is 1. The molecule has 1 N–H and O–H groups in total. The van der Waals surface area contributed by atoms with Gasteiger partial charge in [-0.25, -0.2) is 4.79 Å². The van der Waals surface area contributed by atoms with Gasteiger partial charge < -0.3 is 5.11 Å². The normalized spacial score (nSPS) is 12.8. The molecule has 0 aromatic heterocycles. The number of halogens is 1. The largest absolute Gasteiger partial charge is 0.478 e. The lowest BCUT2D eigenvalue weighted by Gasteiger charge is -1.95. The zero-order valence-corrected chi connectivity index (χ0v) is 8.61. The molecular weight excluding hydrogens is 266 g/mol. The average molecular weight is 274 g/mol. The zero-order valence-electron chi connectivity index (χ0n) is 6.46. The number of allylic oxidation sites excluding steroid dienone is 3. The molecule has 12 heavy (non-hydrogen) atoms. The number of carboxylic acid groups (broad SMARTS) is 1. The second-order valence-corrected chi connectivity index (χ2v) is 2.85. The Balaban J connectivity index is 4.66. The summed E-state index contributed by atoms with van der Waals surface area (Å²) in [4.78, 5) is 10.5. The molecule has 0 amide bonds. The Kier molecular flexibility index (Phi) is 5.79. The summed E-state index contributed by atoms with van der Waals surface area (Å²) in [7, 11) is 5.38. The summed E-state index contributed by atoms with van der Waals surface area (Å²) < 4.78 is 0.639. The topological polar surface area (TPSA) is 37.3 Å². The molecule has 0 aromatic rings. The highest BCUT2D eigenvalue weighted by molar-refractivity contribution is 14.1. The van der Waals surface area contributed by atoms with E-state index in [-0.39, 0.29) is 5.57 Å². The molecule has 0 unspecified atom stereocenters. The SMILES string of the molecule is [B]/C(C=C)=C/C(=C\CI)C(=O)O. The Bertz CT molecular complexity index is 243. The maximum absolute atomic E-state index is 10.5. The highest BCUT2D eigenvalue weighted by Gasteiger charge is 2.01. The molecule has 0 aliphatic heterocycles. The van der Waals surface area contributed by atoms with E-state index in [2.05, 4.69) is 29.2 Å². The van der Waals surface area contributed by atoms with Crippen molar-refractivity contribution in [3.8, 4) is 0 Å². The first-order valence-corrected chi connectivity index (χ1v) is 4.73. The summed E-state index contributed by atoms with van der Waals surface area (Å²) in [5, 5.41) is 8.64. The van der Waals surface area contributed by atoms with E-state index >= 15 is 0 Å². The zero-order chi connectivity index (χ0) is 9.56. The van der Waals surface area contributed by atoms with Crippen LogP contribution in [0.3, 0.4) is 0 Å². The molecule has 2 radical (unpaired) electrons. The van der Waals surface area contributed by atoms with Gasteiger partial charge in [-0.1, -0.05) is 52.9 Å². The third-order valence-electron chi connectivity index (χ3n) is 1.10. The van der Waals surface area contributed by atoms with Gasteiger partial charge >= 0.3 is 5.97 Å². The van der Waals surface area contributed by atoms with Crippen molar-refractivity contribution in [2.24, 2.45) is 0 Å². The minimum absolute atomic E-state index is 0.196. The fourth-order valence-electron chi connectivity index (χ4n) is 0.530. The predicted octanol–water partition coefficient (Wildman–Crippen LogP) is 1.67. The molecule has 0 saturated carbocycles. The number of carbonyl (C=O) groups is 1. The molecule has 4 heteroatoms. The van der Waals surface area contributed by atoms with Crippen molar-refractivity contribution < 1.29 is 9.90 Å². The monoisotopic (exact) mass is 274 g/mol. The Morgan fingerprint density at radius 3 is 2.58 bits per heavy atom. The van der Waals surface area contributed by atoms with Crippen molar-refractivity contribution in [3.63, 3.8) is 0 Å². The second kappa shape index (κ2) is 6.05. The summed E-state index contributed by atoms with van der Waals surface area (Å²) in [5.41, 5.74) is 0.551. The van der Waals surface area contributed by atoms with Crippen molar-refractivity contribution in [1.29, 1.82) is 0 Å². The van der Waals surface area contributed by atoms with Crippen LogP contribution < -0.4 is 0 Å². The molecule has 0 spiro atoms. The Morgan fingerprint density at radius 1 is 1.67 bits per heavy atom. The van der Waals surface area contributed by atoms with Crippen molar-refractivity contribution >= 4 is 36.4 Å². The first-order chi connectivity index (χ1) is 5.61. The number of hydrogen-bond acceptors (Lipinski definition) is 1. The molecule has 0 fully saturated rings. The van der Waals surface area contributed by atoms with Gasteiger partial charge in [0.15, 0.2) is 0 Å². The molecule has 0 atom stereocenters. The molecule has 0 bridgehead atoms. The predicted molar refractivity (Wildman–Crippen MR) is 58.6 cm³/mol. The number of hydrogen-bond donors (Lipinski definition) is 1. The molecule has 62 valence electrons. The summed E-state index contributed by atoms with van der Waals surface area (Å²) in [6, 6.07) is 0. The van der Waals surface area contributed by atoms with Crippen LogP contribution >= 0.6 is 22.6 Å². The van der Waals surface area contributed by atoms with E-state index < -0.39 is 5.97 Å². The number of aliphatic carboxylic acids is 1. The maximum atomic E-state index is 10.5. The molecule has 0 aromatic carbocycles. The van der Waals surface area contributed by atoms with E-state index in [1.165, 1.54) is 12.2 Å². The van der Waals surface area contributed by atoms with Crippen molar-refractivity contribution in [2.75, 3.05) is 4.43 Å². The molecule has 2 nitrogen and oxygen atoms in total. The Hall–Kier alpha value is -0.515. The fraction of sp³-hybridized carbons (Fsp3) is 0.125. The third-order valence-corrected chi connectivity index (χ3v) is 1.54. The minimum Gasteiger partial charge on any atom is -0.478 e. The van der Waals surface area contributed by atoms with E-state index in [9.17, 15) is 4.79 Å². The van der Waals surface area contributed by atoms with Crippen LogP contribution in [0.2, 0.25) is 0 Å². The lowest BCUT2D eigenvalue weighted by molar-refractivity contribution is -0.132. The van der Waals surface area contributed by atoms with Gasteiger partial charge in [0.05, 0.1) is 5.57 Å². The van der Waals surface area contributed by atoms with Crippen molar-refractivity contribution in [3.05, 3.63) is 35.9 Å². The van der Waals surface area contributed by atoms with Crippen LogP contribution in [-0.2, 0) is 4.79 Å². The summed E-state index contributed by atoms with van der Waals surface area (Å²) in [5.74, 6) is -0.975. The van der Waals surface area contributed by atoms with Gasteiger partial charge in [-0.2, -0.15) is 0 Å². The molecule has 0 rings (SSSR count). The van der Waals surface area contributed by atoms with E-state index in [1.807, 2.05) is 0 Å². The summed E-state index contributed by atoms with van der Waals surface area (Å²) in [6.45, 7) is 3.42. The number of rotatable bonds is 4. The van der Waals surface area contributed by atoms with Crippen LogP contribution in [0, 0.1) is 0 Å². The van der Waals surface area contributed by atoms with Gasteiger partial charge in [0.1, 0.15) is 7.85 Å². The van der Waals surface area contributed by atoms with Crippen LogP contribution in [0.4, 0.5) is 0 Å². The standard InChI is InChI=1S/C8H8BIO2/c1-2-7(9)5-6(3-4-10)8(11)12/h2-3,5H,1,4H2,(H,11,12)/b6-3+,7-5+. The minimum atomic E-state index is -0.975. The average Bonchev–Trinajstić information content (AvgIpc) is 2.03. The van der Waals surface area contributed by atoms with Gasteiger partial charge in [0.25, 0.3) is 0 Å². The summed E-state index contributed by atoms with van der Waals surface area (Å²) in [6.07, 6.45) is 4.37. The third kappa shape index (κ3) is 4.38. The lowest BCUT2D eigenvalue weighted by atomic mass is 9.93. The van der Waals surface area contributed by atoms with Crippen molar-refractivity contribution in [2.45, 2.75) is 0 Å². The van der Waals surface area contributed by atoms with Crippen LogP contribution in [0.25, 0.3) is 0 Å². The molecule has 0 aliphatic carbocycles. The molecular formula is C8H8BIO2.